The Morgan fingerprint density at radius 3 is 2.04 bits per heavy atom. The SMILES string of the molecule is CC(C)[C@H](NC(=O)[C@@H]1CSSC(C)(C)[C@H](NC(=O)[C@H](C)N)C(=O)N[C@@H](Cc2ccccc2)C(=O)N2CCc3ccccc3[C@H]2C(=O)N[C@@H](CCCCN)C(=O)N[C@@H](Cc2ccc(O)cc2)C(=O)N1)C(=O)O. The van der Waals surface area contributed by atoms with Gasteiger partial charge >= 0.3 is 5.97 Å². The van der Waals surface area contributed by atoms with Gasteiger partial charge in [0.1, 0.15) is 48.0 Å². The monoisotopic (exact) mass is 1020 g/mol. The van der Waals surface area contributed by atoms with Crippen LogP contribution < -0.4 is 43.4 Å². The summed E-state index contributed by atoms with van der Waals surface area (Å²) in [4.78, 5) is 115. The quantitative estimate of drug-likeness (QED) is 0.0811. The second-order valence-corrected chi connectivity index (χ2v) is 21.7. The fourth-order valence-electron chi connectivity index (χ4n) is 8.31. The first-order chi connectivity index (χ1) is 33.7. The van der Waals surface area contributed by atoms with Gasteiger partial charge in [-0.25, -0.2) is 4.79 Å². The van der Waals surface area contributed by atoms with Gasteiger partial charge in [0.15, 0.2) is 0 Å². The minimum Gasteiger partial charge on any atom is -0.508 e. The molecule has 0 aromatic heterocycles. The molecule has 0 spiro atoms. The summed E-state index contributed by atoms with van der Waals surface area (Å²) in [6.45, 7) is 8.34. The zero-order valence-corrected chi connectivity index (χ0v) is 42.3. The molecule has 8 atom stereocenters. The maximum absolute atomic E-state index is 15.2. The predicted octanol–water partition coefficient (Wildman–Crippen LogP) is 1.60. The molecule has 0 radical (unpaired) electrons. The molecule has 1 fully saturated rings. The van der Waals surface area contributed by atoms with Gasteiger partial charge in [0.2, 0.25) is 41.4 Å². The smallest absolute Gasteiger partial charge is 0.326 e. The van der Waals surface area contributed by atoms with Gasteiger partial charge in [0, 0.05) is 29.9 Å². The van der Waals surface area contributed by atoms with Gasteiger partial charge in [0.25, 0.3) is 0 Å². The molecule has 384 valence electrons. The van der Waals surface area contributed by atoms with E-state index in [0.717, 1.165) is 27.2 Å². The van der Waals surface area contributed by atoms with Crippen LogP contribution in [0.1, 0.15) is 82.2 Å². The molecule has 7 amide bonds. The van der Waals surface area contributed by atoms with E-state index in [2.05, 4.69) is 31.9 Å². The summed E-state index contributed by atoms with van der Waals surface area (Å²) in [6.07, 6.45) is 1.15. The number of phenolic OH excluding ortho intramolecular Hbond substituents is 1. The van der Waals surface area contributed by atoms with Crippen LogP contribution in [0.5, 0.6) is 5.75 Å². The van der Waals surface area contributed by atoms with Crippen molar-refractivity contribution in [1.29, 1.82) is 0 Å². The number of nitrogens with two attached hydrogens (primary N) is 2. The summed E-state index contributed by atoms with van der Waals surface area (Å²) in [6, 6.07) is 11.6. The number of nitrogens with one attached hydrogen (secondary N) is 6. The Morgan fingerprint density at radius 2 is 1.39 bits per heavy atom. The number of fused-ring (bicyclic) bond motifs is 3. The van der Waals surface area contributed by atoms with Gasteiger partial charge in [0.05, 0.1) is 6.04 Å². The molecule has 2 aliphatic rings. The van der Waals surface area contributed by atoms with Gasteiger partial charge in [-0.2, -0.15) is 0 Å². The maximum Gasteiger partial charge on any atom is 0.326 e. The summed E-state index contributed by atoms with van der Waals surface area (Å²) in [7, 11) is 2.13. The number of aromatic hydroxyl groups is 1. The fourth-order valence-corrected chi connectivity index (χ4v) is 11.1. The summed E-state index contributed by atoms with van der Waals surface area (Å²) in [5.74, 6) is -7.30. The number of amides is 7. The Hall–Kier alpha value is -6.16. The Kier molecular flexibility index (Phi) is 20.3. The molecule has 12 N–H and O–H groups in total. The Balaban J connectivity index is 1.67. The number of hydrogen-bond donors (Lipinski definition) is 10. The van der Waals surface area contributed by atoms with Crippen molar-refractivity contribution in [2.45, 2.75) is 126 Å². The van der Waals surface area contributed by atoms with Crippen LogP contribution in [0.25, 0.3) is 0 Å². The van der Waals surface area contributed by atoms with Crippen molar-refractivity contribution in [3.63, 3.8) is 0 Å². The van der Waals surface area contributed by atoms with Crippen molar-refractivity contribution in [3.8, 4) is 5.75 Å². The molecule has 3 aromatic rings. The molecular weight excluding hydrogens is 951 g/mol. The number of rotatable bonds is 14. The average molecular weight is 1020 g/mol. The standard InChI is InChI=1S/C50H67N9O10S2/c1-28(2)39(49(68)69)57-45(64)38-27-70-71-50(4,5)41(58-42(61)29(3)52)47(66)55-37(26-30-13-7-6-8-14-30)48(67)59-24-22-32-15-9-10-16-34(32)40(59)46(65)53-35(17-11-12-23-51)43(62)54-36(44(63)56-38)25-31-18-20-33(60)21-19-31/h6-10,13-16,18-21,28-29,35-41,60H,11-12,17,22-27,51-52H2,1-5H3,(H,53,65)(H,54,62)(H,55,66)(H,56,63)(H,57,64)(H,58,61)(H,68,69)/t29-,35-,36-,37-,38-,39-,40-,41+/m0/s1. The molecule has 71 heavy (non-hydrogen) atoms. The van der Waals surface area contributed by atoms with Gasteiger partial charge in [-0.05, 0) is 93.3 Å². The zero-order valence-electron chi connectivity index (χ0n) is 40.6. The maximum atomic E-state index is 15.2. The Labute approximate surface area is 421 Å². The number of carboxylic acid groups (broad SMARTS) is 1. The first-order valence-electron chi connectivity index (χ1n) is 23.7. The lowest BCUT2D eigenvalue weighted by molar-refractivity contribution is -0.145. The minimum absolute atomic E-state index is 0.00901. The van der Waals surface area contributed by atoms with Crippen LogP contribution >= 0.6 is 21.6 Å². The molecule has 0 aliphatic carbocycles. The van der Waals surface area contributed by atoms with Crippen molar-refractivity contribution in [1.82, 2.24) is 36.8 Å². The molecule has 21 heteroatoms. The van der Waals surface area contributed by atoms with Gasteiger partial charge in [-0.3, -0.25) is 33.6 Å². The number of aliphatic carboxylic acids is 1. The number of phenols is 1. The number of nitrogens with zero attached hydrogens (tertiary/aromatic N) is 1. The number of carbonyl (C=O) groups excluding carboxylic acids is 7. The van der Waals surface area contributed by atoms with Crippen LogP contribution in [0.4, 0.5) is 0 Å². The lowest BCUT2D eigenvalue weighted by atomic mass is 9.90. The normalized spacial score (nSPS) is 23.3. The topological polar surface area (TPSA) is 304 Å². The van der Waals surface area contributed by atoms with Crippen molar-refractivity contribution < 1.29 is 48.6 Å². The molecular formula is C50H67N9O10S2. The van der Waals surface area contributed by atoms with Gasteiger partial charge in [-0.15, -0.1) is 0 Å². The highest BCUT2D eigenvalue weighted by Crippen LogP contribution is 2.39. The zero-order chi connectivity index (χ0) is 52.0. The lowest BCUT2D eigenvalue weighted by Gasteiger charge is -2.40. The van der Waals surface area contributed by atoms with E-state index in [1.54, 1.807) is 82.3 Å². The highest BCUT2D eigenvalue weighted by molar-refractivity contribution is 8.77. The van der Waals surface area contributed by atoms with Crippen molar-refractivity contribution in [2.24, 2.45) is 17.4 Å². The third-order valence-corrected chi connectivity index (χ3v) is 15.6. The molecule has 0 bridgehead atoms. The second-order valence-electron chi connectivity index (χ2n) is 18.7. The summed E-state index contributed by atoms with van der Waals surface area (Å²) in [5.41, 5.74) is 14.3. The van der Waals surface area contributed by atoms with Gasteiger partial charge < -0.3 is 58.5 Å². The van der Waals surface area contributed by atoms with Crippen molar-refractivity contribution >= 4 is 68.9 Å². The van der Waals surface area contributed by atoms with E-state index < -0.39 is 106 Å². The molecule has 2 heterocycles. The molecule has 5 rings (SSSR count). The third kappa shape index (κ3) is 15.4. The molecule has 19 nitrogen and oxygen atoms in total. The van der Waals surface area contributed by atoms with E-state index in [9.17, 15) is 43.8 Å². The van der Waals surface area contributed by atoms with E-state index in [0.29, 0.717) is 36.0 Å². The summed E-state index contributed by atoms with van der Waals surface area (Å²) in [5, 5.41) is 36.6. The fraction of sp³-hybridized carbons (Fsp3) is 0.480. The molecule has 3 aromatic carbocycles. The minimum atomic E-state index is -1.43. The molecule has 0 unspecified atom stereocenters. The number of carboxylic acids is 1. The number of hydrogen-bond acceptors (Lipinski definition) is 13. The van der Waals surface area contributed by atoms with E-state index in [4.69, 9.17) is 11.5 Å². The van der Waals surface area contributed by atoms with Crippen LogP contribution in [0.15, 0.2) is 78.9 Å². The van der Waals surface area contributed by atoms with E-state index >= 15 is 4.79 Å². The summed E-state index contributed by atoms with van der Waals surface area (Å²) < 4.78 is -1.24. The van der Waals surface area contributed by atoms with Crippen LogP contribution in [0.3, 0.4) is 0 Å². The Morgan fingerprint density at radius 1 is 0.789 bits per heavy atom. The predicted molar refractivity (Wildman–Crippen MR) is 271 cm³/mol. The van der Waals surface area contributed by atoms with Crippen LogP contribution in [-0.4, -0.2) is 128 Å². The largest absolute Gasteiger partial charge is 0.508 e. The second kappa shape index (κ2) is 25.8. The highest BCUT2D eigenvalue weighted by atomic mass is 33.1. The van der Waals surface area contributed by atoms with Crippen LogP contribution in [0.2, 0.25) is 0 Å². The van der Waals surface area contributed by atoms with Crippen molar-refractivity contribution in [2.75, 3.05) is 18.8 Å². The highest BCUT2D eigenvalue weighted by Gasteiger charge is 2.44. The average Bonchev–Trinajstić information content (AvgIpc) is 3.33. The molecule has 2 aliphatic heterocycles. The first kappa shape index (κ1) is 55.8. The van der Waals surface area contributed by atoms with Gasteiger partial charge in [-0.1, -0.05) is 102 Å². The van der Waals surface area contributed by atoms with Crippen LogP contribution in [0, 0.1) is 5.92 Å². The van der Waals surface area contributed by atoms with E-state index in [1.165, 1.54) is 24.0 Å². The first-order valence-corrected chi connectivity index (χ1v) is 26.0. The third-order valence-electron chi connectivity index (χ3n) is 12.3. The number of carbonyl (C=O) groups is 8. The van der Waals surface area contributed by atoms with E-state index in [1.807, 2.05) is 12.1 Å². The number of benzene rings is 3. The summed E-state index contributed by atoms with van der Waals surface area (Å²) >= 11 is 0. The number of unbranched alkanes of at least 4 members (excludes halogenated alkanes) is 1. The van der Waals surface area contributed by atoms with Crippen molar-refractivity contribution in [3.05, 3.63) is 101 Å². The molecule has 0 saturated carbocycles. The molecule has 1 saturated heterocycles. The lowest BCUT2D eigenvalue weighted by Crippen LogP contribution is -2.63. The van der Waals surface area contributed by atoms with Crippen LogP contribution in [-0.2, 0) is 57.6 Å². The van der Waals surface area contributed by atoms with E-state index in [-0.39, 0.29) is 43.9 Å². The Bertz CT molecular complexity index is 2370.